The molecule has 0 saturated carbocycles. The molecule has 1 aromatic heterocycles. The first-order valence-electron chi connectivity index (χ1n) is 7.87. The summed E-state index contributed by atoms with van der Waals surface area (Å²) in [4.78, 5) is 18.4. The van der Waals surface area contributed by atoms with Crippen molar-refractivity contribution < 1.29 is 18.7 Å². The molecule has 0 radical (unpaired) electrons. The highest BCUT2D eigenvalue weighted by Gasteiger charge is 2.25. The molecule has 0 bridgehead atoms. The number of aromatic nitrogens is 1. The van der Waals surface area contributed by atoms with Gasteiger partial charge in [-0.1, -0.05) is 0 Å². The van der Waals surface area contributed by atoms with Gasteiger partial charge in [0.05, 0.1) is 13.3 Å². The zero-order valence-corrected chi connectivity index (χ0v) is 13.4. The molecule has 3 rings (SSSR count). The molecular weight excluding hydrogens is 311 g/mol. The lowest BCUT2D eigenvalue weighted by atomic mass is 10.1. The molecule has 0 aliphatic carbocycles. The van der Waals surface area contributed by atoms with Crippen LogP contribution in [0.25, 0.3) is 0 Å². The number of likely N-dealkylation sites (tertiary alicyclic amines) is 1. The van der Waals surface area contributed by atoms with E-state index < -0.39 is 0 Å². The molecule has 0 unspecified atom stereocenters. The van der Waals surface area contributed by atoms with Gasteiger partial charge in [-0.3, -0.25) is 4.79 Å². The predicted octanol–water partition coefficient (Wildman–Crippen LogP) is 2.91. The smallest absolute Gasteiger partial charge is 0.272 e. The van der Waals surface area contributed by atoms with Crippen molar-refractivity contribution in [3.05, 3.63) is 54.1 Å². The third kappa shape index (κ3) is 3.82. The van der Waals surface area contributed by atoms with Gasteiger partial charge in [-0.05, 0) is 36.4 Å². The van der Waals surface area contributed by atoms with E-state index in [0.29, 0.717) is 30.3 Å². The molecule has 2 heterocycles. The van der Waals surface area contributed by atoms with Gasteiger partial charge in [0.15, 0.2) is 0 Å². The largest absolute Gasteiger partial charge is 0.495 e. The van der Waals surface area contributed by atoms with Gasteiger partial charge >= 0.3 is 0 Å². The van der Waals surface area contributed by atoms with Crippen LogP contribution in [0.3, 0.4) is 0 Å². The number of benzene rings is 1. The molecule has 6 heteroatoms. The Hall–Kier alpha value is -2.63. The Bertz CT molecular complexity index is 680. The Kier molecular flexibility index (Phi) is 4.93. The average molecular weight is 330 g/mol. The second kappa shape index (κ2) is 7.29. The first kappa shape index (κ1) is 16.2. The molecule has 2 aromatic rings. The van der Waals surface area contributed by atoms with Crippen molar-refractivity contribution in [2.24, 2.45) is 0 Å². The lowest BCUT2D eigenvalue weighted by Crippen LogP contribution is -2.42. The van der Waals surface area contributed by atoms with Gasteiger partial charge in [0.2, 0.25) is 0 Å². The maximum absolute atomic E-state index is 12.9. The van der Waals surface area contributed by atoms with Gasteiger partial charge in [-0.25, -0.2) is 9.37 Å². The summed E-state index contributed by atoms with van der Waals surface area (Å²) in [5.74, 6) is 0.906. The van der Waals surface area contributed by atoms with Crippen molar-refractivity contribution in [2.45, 2.75) is 18.9 Å². The van der Waals surface area contributed by atoms with E-state index in [1.165, 1.54) is 18.3 Å². The van der Waals surface area contributed by atoms with Crippen LogP contribution in [0.15, 0.2) is 42.6 Å². The third-order valence-electron chi connectivity index (χ3n) is 4.04. The summed E-state index contributed by atoms with van der Waals surface area (Å²) in [6.07, 6.45) is 3.04. The van der Waals surface area contributed by atoms with Crippen LogP contribution in [0.5, 0.6) is 11.5 Å². The van der Waals surface area contributed by atoms with Gasteiger partial charge in [0.25, 0.3) is 5.91 Å². The summed E-state index contributed by atoms with van der Waals surface area (Å²) in [6, 6.07) is 9.39. The van der Waals surface area contributed by atoms with Crippen molar-refractivity contribution in [1.29, 1.82) is 0 Å². The molecule has 1 aliphatic heterocycles. The molecule has 126 valence electrons. The standard InChI is InChI=1S/C18H19FN2O3/c1-23-16-6-7-17(20-12-16)18(22)21-10-8-15(9-11-21)24-14-4-2-13(19)3-5-14/h2-7,12,15H,8-11H2,1H3. The number of piperidine rings is 1. The lowest BCUT2D eigenvalue weighted by Gasteiger charge is -2.32. The number of methoxy groups -OCH3 is 1. The molecule has 1 saturated heterocycles. The third-order valence-corrected chi connectivity index (χ3v) is 4.04. The number of carbonyl (C=O) groups excluding carboxylic acids is 1. The van der Waals surface area contributed by atoms with Gasteiger partial charge < -0.3 is 14.4 Å². The van der Waals surface area contributed by atoms with E-state index >= 15 is 0 Å². The summed E-state index contributed by atoms with van der Waals surface area (Å²) in [5.41, 5.74) is 0.411. The molecule has 1 aliphatic rings. The molecule has 0 N–H and O–H groups in total. The summed E-state index contributed by atoms with van der Waals surface area (Å²) < 4.78 is 23.8. The second-order valence-electron chi connectivity index (χ2n) is 5.65. The van der Waals surface area contributed by atoms with Crippen LogP contribution in [0.2, 0.25) is 0 Å². The summed E-state index contributed by atoms with van der Waals surface area (Å²) in [6.45, 7) is 1.22. The number of pyridine rings is 1. The van der Waals surface area contributed by atoms with E-state index in [2.05, 4.69) is 4.98 Å². The number of hydrogen-bond donors (Lipinski definition) is 0. The maximum Gasteiger partial charge on any atom is 0.272 e. The molecule has 0 spiro atoms. The topological polar surface area (TPSA) is 51.7 Å². The number of amides is 1. The molecule has 5 nitrogen and oxygen atoms in total. The number of nitrogens with zero attached hydrogens (tertiary/aromatic N) is 2. The first-order valence-corrected chi connectivity index (χ1v) is 7.87. The Morgan fingerprint density at radius 3 is 2.38 bits per heavy atom. The van der Waals surface area contributed by atoms with E-state index in [0.717, 1.165) is 12.8 Å². The van der Waals surface area contributed by atoms with Crippen LogP contribution in [-0.2, 0) is 0 Å². The fraction of sp³-hybridized carbons (Fsp3) is 0.333. The minimum atomic E-state index is -0.283. The molecular formula is C18H19FN2O3. The average Bonchev–Trinajstić information content (AvgIpc) is 2.64. The van der Waals surface area contributed by atoms with Crippen molar-refractivity contribution in [2.75, 3.05) is 20.2 Å². The van der Waals surface area contributed by atoms with Crippen molar-refractivity contribution in [1.82, 2.24) is 9.88 Å². The summed E-state index contributed by atoms with van der Waals surface area (Å²) >= 11 is 0. The fourth-order valence-electron chi connectivity index (χ4n) is 2.67. The second-order valence-corrected chi connectivity index (χ2v) is 5.65. The number of hydrogen-bond acceptors (Lipinski definition) is 4. The summed E-state index contributed by atoms with van der Waals surface area (Å²) in [5, 5.41) is 0. The highest BCUT2D eigenvalue weighted by Crippen LogP contribution is 2.20. The van der Waals surface area contributed by atoms with E-state index in [9.17, 15) is 9.18 Å². The Balaban J connectivity index is 1.54. The minimum Gasteiger partial charge on any atom is -0.495 e. The van der Waals surface area contributed by atoms with E-state index in [1.807, 2.05) is 0 Å². The number of halogens is 1. The molecule has 1 aromatic carbocycles. The van der Waals surface area contributed by atoms with Crippen LogP contribution < -0.4 is 9.47 Å². The number of ether oxygens (including phenoxy) is 2. The predicted molar refractivity (Wildman–Crippen MR) is 86.7 cm³/mol. The van der Waals surface area contributed by atoms with Gasteiger partial charge in [0, 0.05) is 25.9 Å². The van der Waals surface area contributed by atoms with Crippen LogP contribution >= 0.6 is 0 Å². The van der Waals surface area contributed by atoms with E-state index in [4.69, 9.17) is 9.47 Å². The zero-order chi connectivity index (χ0) is 16.9. The SMILES string of the molecule is COc1ccc(C(=O)N2CCC(Oc3ccc(F)cc3)CC2)nc1. The number of rotatable bonds is 4. The van der Waals surface area contributed by atoms with Crippen LogP contribution in [0.1, 0.15) is 23.3 Å². The molecule has 1 amide bonds. The Morgan fingerprint density at radius 2 is 1.79 bits per heavy atom. The van der Waals surface area contributed by atoms with Gasteiger partial charge in [-0.15, -0.1) is 0 Å². The summed E-state index contributed by atoms with van der Waals surface area (Å²) in [7, 11) is 1.56. The van der Waals surface area contributed by atoms with Crippen molar-refractivity contribution in [3.8, 4) is 11.5 Å². The van der Waals surface area contributed by atoms with Crippen LogP contribution in [0, 0.1) is 5.82 Å². The normalized spacial score (nSPS) is 15.2. The molecule has 1 fully saturated rings. The fourth-order valence-corrected chi connectivity index (χ4v) is 2.67. The number of carbonyl (C=O) groups is 1. The minimum absolute atomic E-state index is 0.0309. The van der Waals surface area contributed by atoms with Crippen molar-refractivity contribution in [3.63, 3.8) is 0 Å². The molecule has 0 atom stereocenters. The lowest BCUT2D eigenvalue weighted by molar-refractivity contribution is 0.0590. The Labute approximate surface area is 140 Å². The highest BCUT2D eigenvalue weighted by molar-refractivity contribution is 5.92. The first-order chi connectivity index (χ1) is 11.7. The van der Waals surface area contributed by atoms with Crippen molar-refractivity contribution >= 4 is 5.91 Å². The Morgan fingerprint density at radius 1 is 1.12 bits per heavy atom. The monoisotopic (exact) mass is 330 g/mol. The molecule has 24 heavy (non-hydrogen) atoms. The van der Waals surface area contributed by atoms with E-state index in [-0.39, 0.29) is 17.8 Å². The van der Waals surface area contributed by atoms with Gasteiger partial charge in [0.1, 0.15) is 29.1 Å². The van der Waals surface area contributed by atoms with Crippen LogP contribution in [0.4, 0.5) is 4.39 Å². The quantitative estimate of drug-likeness (QED) is 0.865. The van der Waals surface area contributed by atoms with E-state index in [1.54, 1.807) is 36.3 Å². The van der Waals surface area contributed by atoms with Crippen LogP contribution in [-0.4, -0.2) is 42.1 Å². The van der Waals surface area contributed by atoms with Gasteiger partial charge in [-0.2, -0.15) is 0 Å². The maximum atomic E-state index is 12.9. The highest BCUT2D eigenvalue weighted by atomic mass is 19.1. The zero-order valence-electron chi connectivity index (χ0n) is 13.4.